The number of hydrogen-bond acceptors (Lipinski definition) is 3. The third-order valence-electron chi connectivity index (χ3n) is 2.76. The predicted octanol–water partition coefficient (Wildman–Crippen LogP) is 2.06. The van der Waals surface area contributed by atoms with Crippen LogP contribution < -0.4 is 0 Å². The maximum Gasteiger partial charge on any atom is 0.339 e. The number of hydrogen-bond donors (Lipinski definition) is 1. The summed E-state index contributed by atoms with van der Waals surface area (Å²) in [7, 11) is 0. The average Bonchev–Trinajstić information content (AvgIpc) is 2.64. The minimum atomic E-state index is -1.01. The van der Waals surface area contributed by atoms with Crippen molar-refractivity contribution in [2.45, 2.75) is 13.8 Å². The Morgan fingerprint density at radius 2 is 2.06 bits per heavy atom. The summed E-state index contributed by atoms with van der Waals surface area (Å²) in [5.74, 6) is -1.01. The molecule has 90 valence electrons. The molecule has 0 unspecified atom stereocenters. The molecule has 2 aromatic rings. The highest BCUT2D eigenvalue weighted by Gasteiger charge is 2.19. The Morgan fingerprint density at radius 1 is 1.39 bits per heavy atom. The van der Waals surface area contributed by atoms with Crippen LogP contribution >= 0.6 is 0 Å². The van der Waals surface area contributed by atoms with E-state index in [0.29, 0.717) is 22.6 Å². The van der Waals surface area contributed by atoms with Crippen LogP contribution in [0.1, 0.15) is 27.3 Å². The normalized spacial score (nSPS) is 10.1. The minimum absolute atomic E-state index is 0.183. The first-order valence-electron chi connectivity index (χ1n) is 5.35. The number of para-hydroxylation sites is 1. The summed E-state index contributed by atoms with van der Waals surface area (Å²) >= 11 is 0. The Balaban J connectivity index is 2.70. The van der Waals surface area contributed by atoms with Gasteiger partial charge in [0.2, 0.25) is 0 Å². The summed E-state index contributed by atoms with van der Waals surface area (Å²) < 4.78 is 1.50. The van der Waals surface area contributed by atoms with Crippen LogP contribution in [-0.2, 0) is 0 Å². The van der Waals surface area contributed by atoms with Gasteiger partial charge >= 0.3 is 5.97 Å². The summed E-state index contributed by atoms with van der Waals surface area (Å²) in [6.07, 6.45) is 0. The fraction of sp³-hybridized carbons (Fsp3) is 0.154. The van der Waals surface area contributed by atoms with Crippen LogP contribution in [0.15, 0.2) is 24.3 Å². The maximum atomic E-state index is 11.1. The lowest BCUT2D eigenvalue weighted by molar-refractivity contribution is 0.0695. The van der Waals surface area contributed by atoms with Crippen molar-refractivity contribution in [3.8, 4) is 11.8 Å². The molecule has 1 heterocycles. The van der Waals surface area contributed by atoms with E-state index in [1.165, 1.54) is 4.68 Å². The molecular formula is C13H11N3O2. The molecule has 0 fully saturated rings. The molecular weight excluding hydrogens is 230 g/mol. The first-order chi connectivity index (χ1) is 8.56. The number of nitriles is 1. The summed E-state index contributed by atoms with van der Waals surface area (Å²) in [6, 6.07) is 9.02. The highest BCUT2D eigenvalue weighted by molar-refractivity contribution is 5.90. The minimum Gasteiger partial charge on any atom is -0.478 e. The number of carboxylic acid groups (broad SMARTS) is 1. The molecule has 0 aliphatic heterocycles. The van der Waals surface area contributed by atoms with E-state index in [2.05, 4.69) is 11.2 Å². The molecule has 5 nitrogen and oxygen atoms in total. The Kier molecular flexibility index (Phi) is 2.86. The van der Waals surface area contributed by atoms with Gasteiger partial charge in [-0.15, -0.1) is 0 Å². The number of aromatic carboxylic acids is 1. The average molecular weight is 241 g/mol. The SMILES string of the molecule is Cc1nn(-c2ccccc2C#N)c(C)c1C(=O)O. The molecule has 0 saturated heterocycles. The lowest BCUT2D eigenvalue weighted by atomic mass is 10.1. The van der Waals surface area contributed by atoms with E-state index in [9.17, 15) is 4.79 Å². The zero-order valence-electron chi connectivity index (χ0n) is 10.0. The van der Waals surface area contributed by atoms with Gasteiger partial charge in [0.15, 0.2) is 0 Å². The van der Waals surface area contributed by atoms with Crippen LogP contribution in [0.25, 0.3) is 5.69 Å². The Bertz CT molecular complexity index is 665. The third-order valence-corrected chi connectivity index (χ3v) is 2.76. The van der Waals surface area contributed by atoms with Crippen LogP contribution in [0.3, 0.4) is 0 Å². The van der Waals surface area contributed by atoms with Crippen molar-refractivity contribution in [1.29, 1.82) is 5.26 Å². The number of rotatable bonds is 2. The van der Waals surface area contributed by atoms with Crippen molar-refractivity contribution in [3.63, 3.8) is 0 Å². The lowest BCUT2D eigenvalue weighted by Crippen LogP contribution is -2.04. The van der Waals surface area contributed by atoms with Gasteiger partial charge in [-0.25, -0.2) is 9.48 Å². The summed E-state index contributed by atoms with van der Waals surface area (Å²) in [5, 5.41) is 22.4. The van der Waals surface area contributed by atoms with E-state index < -0.39 is 5.97 Å². The van der Waals surface area contributed by atoms with Gasteiger partial charge in [-0.3, -0.25) is 0 Å². The number of carbonyl (C=O) groups is 1. The fourth-order valence-electron chi connectivity index (χ4n) is 1.94. The van der Waals surface area contributed by atoms with Crippen molar-refractivity contribution in [2.75, 3.05) is 0 Å². The molecule has 0 amide bonds. The van der Waals surface area contributed by atoms with Gasteiger partial charge in [0, 0.05) is 0 Å². The molecule has 0 spiro atoms. The second kappa shape index (κ2) is 4.34. The van der Waals surface area contributed by atoms with E-state index in [1.54, 1.807) is 38.1 Å². The van der Waals surface area contributed by atoms with Crippen LogP contribution in [-0.4, -0.2) is 20.9 Å². The van der Waals surface area contributed by atoms with Gasteiger partial charge in [0.1, 0.15) is 11.6 Å². The molecule has 5 heteroatoms. The zero-order chi connectivity index (χ0) is 13.3. The number of aryl methyl sites for hydroxylation is 1. The number of aromatic nitrogens is 2. The van der Waals surface area contributed by atoms with Crippen LogP contribution in [0.2, 0.25) is 0 Å². The van der Waals surface area contributed by atoms with Crippen molar-refractivity contribution < 1.29 is 9.90 Å². The second-order valence-electron chi connectivity index (χ2n) is 3.89. The van der Waals surface area contributed by atoms with Gasteiger partial charge in [0.25, 0.3) is 0 Å². The van der Waals surface area contributed by atoms with Gasteiger partial charge in [0.05, 0.1) is 22.6 Å². The van der Waals surface area contributed by atoms with Crippen molar-refractivity contribution >= 4 is 5.97 Å². The summed E-state index contributed by atoms with van der Waals surface area (Å²) in [5.41, 5.74) is 2.19. The van der Waals surface area contributed by atoms with E-state index >= 15 is 0 Å². The van der Waals surface area contributed by atoms with Gasteiger partial charge < -0.3 is 5.11 Å². The van der Waals surface area contributed by atoms with E-state index in [-0.39, 0.29) is 5.56 Å². The number of benzene rings is 1. The van der Waals surface area contributed by atoms with Crippen LogP contribution in [0.5, 0.6) is 0 Å². The van der Waals surface area contributed by atoms with Gasteiger partial charge in [-0.2, -0.15) is 10.4 Å². The lowest BCUT2D eigenvalue weighted by Gasteiger charge is -2.06. The Hall–Kier alpha value is -2.61. The summed E-state index contributed by atoms with van der Waals surface area (Å²) in [6.45, 7) is 3.32. The molecule has 0 radical (unpaired) electrons. The Morgan fingerprint density at radius 3 is 2.61 bits per heavy atom. The molecule has 1 aromatic carbocycles. The molecule has 0 saturated carbocycles. The molecule has 0 aliphatic rings. The Labute approximate surface area is 104 Å². The molecule has 0 atom stereocenters. The van der Waals surface area contributed by atoms with Crippen molar-refractivity contribution in [2.24, 2.45) is 0 Å². The predicted molar refractivity (Wildman–Crippen MR) is 64.7 cm³/mol. The van der Waals surface area contributed by atoms with E-state index in [0.717, 1.165) is 0 Å². The smallest absolute Gasteiger partial charge is 0.339 e. The molecule has 18 heavy (non-hydrogen) atoms. The third kappa shape index (κ3) is 1.74. The number of nitrogens with zero attached hydrogens (tertiary/aromatic N) is 3. The highest BCUT2D eigenvalue weighted by Crippen LogP contribution is 2.20. The zero-order valence-corrected chi connectivity index (χ0v) is 10.0. The number of carboxylic acids is 1. The van der Waals surface area contributed by atoms with E-state index in [4.69, 9.17) is 10.4 Å². The van der Waals surface area contributed by atoms with Crippen molar-refractivity contribution in [3.05, 3.63) is 46.8 Å². The molecule has 0 aliphatic carbocycles. The largest absolute Gasteiger partial charge is 0.478 e. The molecule has 1 aromatic heterocycles. The quantitative estimate of drug-likeness (QED) is 0.872. The monoisotopic (exact) mass is 241 g/mol. The van der Waals surface area contributed by atoms with Gasteiger partial charge in [-0.1, -0.05) is 12.1 Å². The standard InChI is InChI=1S/C13H11N3O2/c1-8-12(13(17)18)9(2)16(15-8)11-6-4-3-5-10(11)7-14/h3-6H,1-2H3,(H,17,18). The van der Waals surface area contributed by atoms with E-state index in [1.807, 2.05) is 0 Å². The molecule has 0 bridgehead atoms. The topological polar surface area (TPSA) is 78.9 Å². The highest BCUT2D eigenvalue weighted by atomic mass is 16.4. The van der Waals surface area contributed by atoms with Crippen LogP contribution in [0.4, 0.5) is 0 Å². The van der Waals surface area contributed by atoms with Gasteiger partial charge in [-0.05, 0) is 26.0 Å². The molecule has 1 N–H and O–H groups in total. The first kappa shape index (κ1) is 11.9. The van der Waals surface area contributed by atoms with Crippen molar-refractivity contribution in [1.82, 2.24) is 9.78 Å². The first-order valence-corrected chi connectivity index (χ1v) is 5.35. The van der Waals surface area contributed by atoms with Crippen LogP contribution in [0, 0.1) is 25.2 Å². The molecule has 2 rings (SSSR count). The fourth-order valence-corrected chi connectivity index (χ4v) is 1.94. The summed E-state index contributed by atoms with van der Waals surface area (Å²) in [4.78, 5) is 11.1. The second-order valence-corrected chi connectivity index (χ2v) is 3.89. The maximum absolute atomic E-state index is 11.1.